The van der Waals surface area contributed by atoms with Crippen molar-refractivity contribution < 1.29 is 9.59 Å². The summed E-state index contributed by atoms with van der Waals surface area (Å²) in [6.45, 7) is 4.23. The molecule has 0 aliphatic carbocycles. The maximum atomic E-state index is 12.3. The zero-order chi connectivity index (χ0) is 15.7. The molecule has 1 fully saturated rings. The minimum absolute atomic E-state index is 0.0308. The molecule has 2 heterocycles. The summed E-state index contributed by atoms with van der Waals surface area (Å²) < 4.78 is 2.13. The molecule has 22 heavy (non-hydrogen) atoms. The predicted octanol–water partition coefficient (Wildman–Crippen LogP) is 1.97. The second-order valence-electron chi connectivity index (χ2n) is 5.54. The molecule has 0 bridgehead atoms. The zero-order valence-corrected chi connectivity index (χ0v) is 12.9. The van der Waals surface area contributed by atoms with E-state index in [0.29, 0.717) is 13.1 Å². The Morgan fingerprint density at radius 3 is 2.82 bits per heavy atom. The first-order valence-corrected chi connectivity index (χ1v) is 7.47. The highest BCUT2D eigenvalue weighted by Crippen LogP contribution is 2.21. The van der Waals surface area contributed by atoms with E-state index in [4.69, 9.17) is 0 Å². The minimum Gasteiger partial charge on any atom is -0.348 e. The van der Waals surface area contributed by atoms with Crippen molar-refractivity contribution in [2.45, 2.75) is 13.5 Å². The Hall–Kier alpha value is -2.50. The van der Waals surface area contributed by atoms with Gasteiger partial charge in [-0.15, -0.1) is 0 Å². The molecule has 1 aliphatic rings. The normalized spacial score (nSPS) is 15.5. The molecule has 1 aromatic carbocycles. The summed E-state index contributed by atoms with van der Waals surface area (Å²) in [4.78, 5) is 27.2. The average Bonchev–Trinajstić information content (AvgIpc) is 2.92. The van der Waals surface area contributed by atoms with E-state index in [0.717, 1.165) is 23.1 Å². The Morgan fingerprint density at radius 1 is 1.27 bits per heavy atom. The summed E-state index contributed by atoms with van der Waals surface area (Å²) in [6, 6.07) is 7.68. The van der Waals surface area contributed by atoms with E-state index in [2.05, 4.69) is 22.9 Å². The SMILES string of the molecule is CCn1ccc2ccc(NC(=O)N3CCN(C)C(=O)C3)cc21. The molecule has 6 nitrogen and oxygen atoms in total. The van der Waals surface area contributed by atoms with Gasteiger partial charge in [0.05, 0.1) is 5.52 Å². The molecular weight excluding hydrogens is 280 g/mol. The van der Waals surface area contributed by atoms with Gasteiger partial charge in [0, 0.05) is 38.6 Å². The summed E-state index contributed by atoms with van der Waals surface area (Å²) in [5.74, 6) is -0.0308. The van der Waals surface area contributed by atoms with Gasteiger partial charge in [-0.1, -0.05) is 6.07 Å². The number of aryl methyl sites for hydroxylation is 1. The van der Waals surface area contributed by atoms with Crippen molar-refractivity contribution in [2.24, 2.45) is 0 Å². The number of nitrogens with zero attached hydrogens (tertiary/aromatic N) is 3. The molecule has 0 atom stereocenters. The van der Waals surface area contributed by atoms with Crippen molar-refractivity contribution in [1.29, 1.82) is 0 Å². The van der Waals surface area contributed by atoms with Crippen LogP contribution in [0.15, 0.2) is 30.5 Å². The first-order valence-electron chi connectivity index (χ1n) is 7.47. The molecule has 1 aliphatic heterocycles. The monoisotopic (exact) mass is 300 g/mol. The first-order chi connectivity index (χ1) is 10.6. The third kappa shape index (κ3) is 2.64. The van der Waals surface area contributed by atoms with Crippen LogP contribution in [0.1, 0.15) is 6.92 Å². The summed E-state index contributed by atoms with van der Waals surface area (Å²) in [6.07, 6.45) is 2.04. The quantitative estimate of drug-likeness (QED) is 0.922. The summed E-state index contributed by atoms with van der Waals surface area (Å²) in [7, 11) is 1.75. The van der Waals surface area contributed by atoms with Gasteiger partial charge in [0.25, 0.3) is 0 Å². The maximum absolute atomic E-state index is 12.3. The number of carbonyl (C=O) groups is 2. The number of aromatic nitrogens is 1. The van der Waals surface area contributed by atoms with Crippen LogP contribution in [0.25, 0.3) is 10.9 Å². The molecule has 0 saturated carbocycles. The number of hydrogen-bond acceptors (Lipinski definition) is 2. The third-order valence-corrected chi connectivity index (χ3v) is 4.11. The van der Waals surface area contributed by atoms with Gasteiger partial charge in [-0.3, -0.25) is 4.79 Å². The summed E-state index contributed by atoms with van der Waals surface area (Å²) >= 11 is 0. The highest BCUT2D eigenvalue weighted by atomic mass is 16.2. The number of urea groups is 1. The summed E-state index contributed by atoms with van der Waals surface area (Å²) in [5.41, 5.74) is 1.84. The topological polar surface area (TPSA) is 57.6 Å². The number of amides is 3. The van der Waals surface area contributed by atoms with Gasteiger partial charge in [-0.05, 0) is 30.5 Å². The smallest absolute Gasteiger partial charge is 0.322 e. The van der Waals surface area contributed by atoms with E-state index in [-0.39, 0.29) is 18.5 Å². The first kappa shape index (κ1) is 14.4. The van der Waals surface area contributed by atoms with Gasteiger partial charge in [0.15, 0.2) is 0 Å². The average molecular weight is 300 g/mol. The lowest BCUT2D eigenvalue weighted by molar-refractivity contribution is -0.133. The standard InChI is InChI=1S/C16H20N4O2/c1-3-19-7-6-12-4-5-13(10-14(12)19)17-16(22)20-9-8-18(2)15(21)11-20/h4-7,10H,3,8-9,11H2,1-2H3,(H,17,22). The van der Waals surface area contributed by atoms with Crippen molar-refractivity contribution >= 4 is 28.5 Å². The summed E-state index contributed by atoms with van der Waals surface area (Å²) in [5, 5.41) is 4.03. The molecule has 6 heteroatoms. The lowest BCUT2D eigenvalue weighted by Gasteiger charge is -2.31. The number of benzene rings is 1. The number of carbonyl (C=O) groups excluding carboxylic acids is 2. The number of rotatable bonds is 2. The van der Waals surface area contributed by atoms with Gasteiger partial charge < -0.3 is 19.7 Å². The molecule has 3 rings (SSSR count). The van der Waals surface area contributed by atoms with E-state index in [1.807, 2.05) is 24.4 Å². The van der Waals surface area contributed by atoms with Crippen molar-refractivity contribution in [3.8, 4) is 0 Å². The van der Waals surface area contributed by atoms with Crippen LogP contribution in [0.5, 0.6) is 0 Å². The molecule has 2 aromatic rings. The number of piperazine rings is 1. The van der Waals surface area contributed by atoms with Crippen molar-refractivity contribution in [2.75, 3.05) is 32.0 Å². The van der Waals surface area contributed by atoms with Crippen molar-refractivity contribution in [3.63, 3.8) is 0 Å². The molecule has 1 N–H and O–H groups in total. The number of anilines is 1. The number of nitrogens with one attached hydrogen (secondary N) is 1. The van der Waals surface area contributed by atoms with Crippen LogP contribution in [-0.2, 0) is 11.3 Å². The lowest BCUT2D eigenvalue weighted by Crippen LogP contribution is -2.51. The van der Waals surface area contributed by atoms with E-state index >= 15 is 0 Å². The Kier molecular flexibility index (Phi) is 3.75. The second kappa shape index (κ2) is 5.71. The maximum Gasteiger partial charge on any atom is 0.322 e. The Labute approximate surface area is 129 Å². The van der Waals surface area contributed by atoms with E-state index in [1.165, 1.54) is 0 Å². The van der Waals surface area contributed by atoms with E-state index in [9.17, 15) is 9.59 Å². The van der Waals surface area contributed by atoms with Gasteiger partial charge in [0.2, 0.25) is 5.91 Å². The molecule has 0 radical (unpaired) electrons. The van der Waals surface area contributed by atoms with Gasteiger partial charge in [-0.2, -0.15) is 0 Å². The third-order valence-electron chi connectivity index (χ3n) is 4.11. The van der Waals surface area contributed by atoms with Gasteiger partial charge in [-0.25, -0.2) is 4.79 Å². The van der Waals surface area contributed by atoms with Crippen molar-refractivity contribution in [3.05, 3.63) is 30.5 Å². The van der Waals surface area contributed by atoms with Crippen LogP contribution < -0.4 is 5.32 Å². The van der Waals surface area contributed by atoms with Crippen LogP contribution in [-0.4, -0.2) is 53.0 Å². The Bertz CT molecular complexity index is 722. The molecule has 3 amide bonds. The van der Waals surface area contributed by atoms with Crippen LogP contribution in [0.4, 0.5) is 10.5 Å². The van der Waals surface area contributed by atoms with E-state index < -0.39 is 0 Å². The fraction of sp³-hybridized carbons (Fsp3) is 0.375. The molecular formula is C16H20N4O2. The molecule has 1 aromatic heterocycles. The number of likely N-dealkylation sites (N-methyl/N-ethyl adjacent to an activating group) is 1. The second-order valence-corrected chi connectivity index (χ2v) is 5.54. The number of fused-ring (bicyclic) bond motifs is 1. The lowest BCUT2D eigenvalue weighted by atomic mass is 10.2. The highest BCUT2D eigenvalue weighted by molar-refractivity contribution is 5.95. The highest BCUT2D eigenvalue weighted by Gasteiger charge is 2.24. The fourth-order valence-corrected chi connectivity index (χ4v) is 2.67. The van der Waals surface area contributed by atoms with Crippen molar-refractivity contribution in [1.82, 2.24) is 14.4 Å². The van der Waals surface area contributed by atoms with E-state index in [1.54, 1.807) is 16.8 Å². The van der Waals surface area contributed by atoms with Gasteiger partial charge >= 0.3 is 6.03 Å². The van der Waals surface area contributed by atoms with Crippen LogP contribution >= 0.6 is 0 Å². The molecule has 0 unspecified atom stereocenters. The largest absolute Gasteiger partial charge is 0.348 e. The predicted molar refractivity (Wildman–Crippen MR) is 85.8 cm³/mol. The molecule has 1 saturated heterocycles. The molecule has 116 valence electrons. The Morgan fingerprint density at radius 2 is 2.09 bits per heavy atom. The Balaban J connectivity index is 1.75. The van der Waals surface area contributed by atoms with Crippen LogP contribution in [0.2, 0.25) is 0 Å². The van der Waals surface area contributed by atoms with Crippen LogP contribution in [0, 0.1) is 0 Å². The minimum atomic E-state index is -0.226. The number of hydrogen-bond donors (Lipinski definition) is 1. The van der Waals surface area contributed by atoms with Gasteiger partial charge in [0.1, 0.15) is 6.54 Å². The van der Waals surface area contributed by atoms with Crippen LogP contribution in [0.3, 0.4) is 0 Å². The fourth-order valence-electron chi connectivity index (χ4n) is 2.67. The molecule has 0 spiro atoms. The zero-order valence-electron chi connectivity index (χ0n) is 12.9.